The van der Waals surface area contributed by atoms with Gasteiger partial charge >= 0.3 is 5.69 Å². The molecule has 5 nitrogen and oxygen atoms in total. The second kappa shape index (κ2) is 5.48. The van der Waals surface area contributed by atoms with Gasteiger partial charge in [0.05, 0.1) is 4.92 Å². The second-order valence-electron chi connectivity index (χ2n) is 4.94. The number of nitro benzene ring substituents is 1. The van der Waals surface area contributed by atoms with E-state index in [-0.39, 0.29) is 18.2 Å². The average Bonchev–Trinajstić information content (AvgIpc) is 2.26. The number of halogens is 2. The fourth-order valence-corrected chi connectivity index (χ4v) is 1.59. The van der Waals surface area contributed by atoms with Gasteiger partial charge in [0.25, 0.3) is 0 Å². The van der Waals surface area contributed by atoms with E-state index in [0.717, 1.165) is 6.07 Å². The van der Waals surface area contributed by atoms with Crippen LogP contribution in [0.25, 0.3) is 0 Å². The molecular formula is C12H17F2N3O2. The molecule has 0 radical (unpaired) electrons. The first kappa shape index (κ1) is 15.3. The minimum atomic E-state index is -1.21. The molecule has 0 bridgehead atoms. The lowest BCUT2D eigenvalue weighted by molar-refractivity contribution is -0.386. The summed E-state index contributed by atoms with van der Waals surface area (Å²) in [5.74, 6) is -2.08. The van der Waals surface area contributed by atoms with Crippen molar-refractivity contribution in [1.29, 1.82) is 0 Å². The molecule has 0 saturated heterocycles. The summed E-state index contributed by atoms with van der Waals surface area (Å²) in [6.45, 7) is 5.63. The van der Waals surface area contributed by atoms with Gasteiger partial charge in [-0.15, -0.1) is 0 Å². The Kier molecular flexibility index (Phi) is 4.41. The monoisotopic (exact) mass is 273 g/mol. The van der Waals surface area contributed by atoms with Gasteiger partial charge in [0.2, 0.25) is 5.82 Å². The molecule has 0 fully saturated rings. The van der Waals surface area contributed by atoms with Crippen molar-refractivity contribution in [2.24, 2.45) is 11.7 Å². The first-order valence-corrected chi connectivity index (χ1v) is 5.83. The molecule has 3 N–H and O–H groups in total. The highest BCUT2D eigenvalue weighted by atomic mass is 19.1. The Morgan fingerprint density at radius 2 is 2.05 bits per heavy atom. The van der Waals surface area contributed by atoms with Crippen LogP contribution in [0.1, 0.15) is 20.8 Å². The number of nitrogens with one attached hydrogen (secondary N) is 1. The van der Waals surface area contributed by atoms with E-state index in [1.165, 1.54) is 0 Å². The maximum atomic E-state index is 13.5. The van der Waals surface area contributed by atoms with Crippen LogP contribution in [-0.2, 0) is 0 Å². The summed E-state index contributed by atoms with van der Waals surface area (Å²) in [6, 6.07) is 1.38. The number of hydrogen-bond acceptors (Lipinski definition) is 4. The van der Waals surface area contributed by atoms with Crippen molar-refractivity contribution in [1.82, 2.24) is 0 Å². The van der Waals surface area contributed by atoms with Gasteiger partial charge in [-0.2, -0.15) is 4.39 Å². The van der Waals surface area contributed by atoms with Crippen LogP contribution in [0.15, 0.2) is 12.1 Å². The smallest absolute Gasteiger partial charge is 0.327 e. The number of nitrogens with zero attached hydrogens (tertiary/aromatic N) is 1. The van der Waals surface area contributed by atoms with E-state index in [0.29, 0.717) is 6.07 Å². The SMILES string of the molecule is CC(C)C(C)(CN)Nc1cc(F)cc(F)c1[N+](=O)[O-]. The minimum absolute atomic E-state index is 0.0171. The van der Waals surface area contributed by atoms with Crippen LogP contribution in [0, 0.1) is 27.7 Å². The number of benzene rings is 1. The highest BCUT2D eigenvalue weighted by Gasteiger charge is 2.31. The van der Waals surface area contributed by atoms with Crippen LogP contribution >= 0.6 is 0 Å². The molecule has 1 atom stereocenters. The van der Waals surface area contributed by atoms with E-state index in [2.05, 4.69) is 5.32 Å². The predicted molar refractivity (Wildman–Crippen MR) is 68.9 cm³/mol. The summed E-state index contributed by atoms with van der Waals surface area (Å²) >= 11 is 0. The fourth-order valence-electron chi connectivity index (χ4n) is 1.59. The molecule has 19 heavy (non-hydrogen) atoms. The number of nitrogens with two attached hydrogens (primary N) is 1. The molecule has 0 heterocycles. The maximum absolute atomic E-state index is 13.5. The van der Waals surface area contributed by atoms with Crippen molar-refractivity contribution in [3.05, 3.63) is 33.9 Å². The van der Waals surface area contributed by atoms with Crippen LogP contribution in [-0.4, -0.2) is 17.0 Å². The first-order valence-electron chi connectivity index (χ1n) is 5.83. The van der Waals surface area contributed by atoms with Gasteiger partial charge in [-0.3, -0.25) is 10.1 Å². The van der Waals surface area contributed by atoms with E-state index >= 15 is 0 Å². The molecular weight excluding hydrogens is 256 g/mol. The maximum Gasteiger partial charge on any atom is 0.327 e. The zero-order valence-electron chi connectivity index (χ0n) is 11.0. The van der Waals surface area contributed by atoms with Crippen molar-refractivity contribution in [2.75, 3.05) is 11.9 Å². The third kappa shape index (κ3) is 3.17. The molecule has 0 aromatic heterocycles. The van der Waals surface area contributed by atoms with Crippen LogP contribution < -0.4 is 11.1 Å². The normalized spacial score (nSPS) is 14.3. The lowest BCUT2D eigenvalue weighted by Gasteiger charge is -2.34. The lowest BCUT2D eigenvalue weighted by atomic mass is 9.88. The van der Waals surface area contributed by atoms with Gasteiger partial charge in [-0.1, -0.05) is 13.8 Å². The van der Waals surface area contributed by atoms with E-state index in [4.69, 9.17) is 5.73 Å². The molecule has 7 heteroatoms. The molecule has 0 aliphatic rings. The van der Waals surface area contributed by atoms with Gasteiger partial charge < -0.3 is 11.1 Å². The summed E-state index contributed by atoms with van der Waals surface area (Å²) in [4.78, 5) is 9.99. The molecule has 106 valence electrons. The summed E-state index contributed by atoms with van der Waals surface area (Å²) < 4.78 is 26.7. The standard InChI is InChI=1S/C12H17F2N3O2/c1-7(2)12(3,6-15)16-10-5-8(13)4-9(14)11(10)17(18)19/h4-5,7,16H,6,15H2,1-3H3. The topological polar surface area (TPSA) is 81.2 Å². The van der Waals surface area contributed by atoms with Gasteiger partial charge in [-0.05, 0) is 12.8 Å². The van der Waals surface area contributed by atoms with Crippen molar-refractivity contribution in [2.45, 2.75) is 26.3 Å². The van der Waals surface area contributed by atoms with Crippen LogP contribution in [0.2, 0.25) is 0 Å². The third-order valence-electron chi connectivity index (χ3n) is 3.33. The summed E-state index contributed by atoms with van der Waals surface area (Å²) in [5.41, 5.74) is 3.95. The van der Waals surface area contributed by atoms with E-state index in [1.807, 2.05) is 13.8 Å². The highest BCUT2D eigenvalue weighted by Crippen LogP contribution is 2.32. The largest absolute Gasteiger partial charge is 0.373 e. The molecule has 1 aromatic rings. The van der Waals surface area contributed by atoms with Crippen molar-refractivity contribution in [3.63, 3.8) is 0 Å². The zero-order valence-corrected chi connectivity index (χ0v) is 11.0. The minimum Gasteiger partial charge on any atom is -0.373 e. The summed E-state index contributed by atoms with van der Waals surface area (Å²) in [5, 5.41) is 13.7. The van der Waals surface area contributed by atoms with Crippen LogP contribution in [0.5, 0.6) is 0 Å². The van der Waals surface area contributed by atoms with Gasteiger partial charge in [0, 0.05) is 24.2 Å². The Labute approximate surface area is 109 Å². The zero-order chi connectivity index (χ0) is 14.8. The quantitative estimate of drug-likeness (QED) is 0.638. The number of hydrogen-bond donors (Lipinski definition) is 2. The molecule has 1 unspecified atom stereocenters. The Morgan fingerprint density at radius 3 is 2.47 bits per heavy atom. The predicted octanol–water partition coefficient (Wildman–Crippen LogP) is 2.66. The summed E-state index contributed by atoms with van der Waals surface area (Å²) in [7, 11) is 0. The highest BCUT2D eigenvalue weighted by molar-refractivity contribution is 5.63. The van der Waals surface area contributed by atoms with Crippen LogP contribution in [0.4, 0.5) is 20.2 Å². The Bertz CT molecular complexity index is 494. The summed E-state index contributed by atoms with van der Waals surface area (Å²) in [6.07, 6.45) is 0. The van der Waals surface area contributed by atoms with Crippen LogP contribution in [0.3, 0.4) is 0 Å². The Hall–Kier alpha value is -1.76. The fraction of sp³-hybridized carbons (Fsp3) is 0.500. The lowest BCUT2D eigenvalue weighted by Crippen LogP contribution is -2.47. The second-order valence-corrected chi connectivity index (χ2v) is 4.94. The van der Waals surface area contributed by atoms with E-state index < -0.39 is 27.8 Å². The Balaban J connectivity index is 3.30. The van der Waals surface area contributed by atoms with Crippen molar-refractivity contribution in [3.8, 4) is 0 Å². The van der Waals surface area contributed by atoms with Gasteiger partial charge in [0.15, 0.2) is 0 Å². The first-order chi connectivity index (χ1) is 8.71. The van der Waals surface area contributed by atoms with E-state index in [1.54, 1.807) is 6.92 Å². The molecule has 0 spiro atoms. The number of nitro groups is 1. The molecule has 1 aromatic carbocycles. The molecule has 0 amide bonds. The average molecular weight is 273 g/mol. The van der Waals surface area contributed by atoms with Crippen molar-refractivity contribution >= 4 is 11.4 Å². The molecule has 0 aliphatic heterocycles. The number of anilines is 1. The van der Waals surface area contributed by atoms with Gasteiger partial charge in [0.1, 0.15) is 11.5 Å². The molecule has 1 rings (SSSR count). The molecule has 0 saturated carbocycles. The Morgan fingerprint density at radius 1 is 1.47 bits per heavy atom. The van der Waals surface area contributed by atoms with Gasteiger partial charge in [-0.25, -0.2) is 4.39 Å². The molecule has 0 aliphatic carbocycles. The third-order valence-corrected chi connectivity index (χ3v) is 3.33. The van der Waals surface area contributed by atoms with E-state index in [9.17, 15) is 18.9 Å². The van der Waals surface area contributed by atoms with Crippen molar-refractivity contribution < 1.29 is 13.7 Å². The number of rotatable bonds is 5.